The van der Waals surface area contributed by atoms with Gasteiger partial charge in [0.15, 0.2) is 0 Å². The van der Waals surface area contributed by atoms with Crippen LogP contribution in [0.15, 0.2) is 65.5 Å². The van der Waals surface area contributed by atoms with Crippen molar-refractivity contribution in [1.29, 1.82) is 0 Å². The molecule has 0 saturated carbocycles. The van der Waals surface area contributed by atoms with Gasteiger partial charge in [-0.2, -0.15) is 0 Å². The summed E-state index contributed by atoms with van der Waals surface area (Å²) >= 11 is 3.26. The predicted molar refractivity (Wildman–Crippen MR) is 136 cm³/mol. The van der Waals surface area contributed by atoms with E-state index in [1.807, 2.05) is 49.9 Å². The van der Waals surface area contributed by atoms with E-state index in [-0.39, 0.29) is 5.91 Å². The second-order valence-electron chi connectivity index (χ2n) is 7.02. The predicted octanol–water partition coefficient (Wildman–Crippen LogP) is 6.84. The van der Waals surface area contributed by atoms with Crippen molar-refractivity contribution in [1.82, 2.24) is 9.29 Å². The van der Waals surface area contributed by atoms with Crippen LogP contribution >= 0.6 is 23.3 Å². The highest BCUT2D eigenvalue weighted by Gasteiger charge is 2.11. The molecule has 3 rings (SSSR count). The van der Waals surface area contributed by atoms with Gasteiger partial charge >= 0.3 is 0 Å². The number of hydrogen-bond acceptors (Lipinski definition) is 6. The van der Waals surface area contributed by atoms with Crippen LogP contribution in [-0.2, 0) is 4.79 Å². The lowest BCUT2D eigenvalue weighted by Crippen LogP contribution is -2.06. The van der Waals surface area contributed by atoms with E-state index >= 15 is 0 Å². The van der Waals surface area contributed by atoms with Gasteiger partial charge in [-0.3, -0.25) is 9.10 Å². The topological polar surface area (TPSA) is 57.3 Å². The molecule has 31 heavy (non-hydrogen) atoms. The van der Waals surface area contributed by atoms with Crippen LogP contribution in [0.4, 0.5) is 11.4 Å². The third-order valence-corrected chi connectivity index (χ3v) is 5.52. The number of amides is 1. The highest BCUT2D eigenvalue weighted by molar-refractivity contribution is 7.97. The van der Waals surface area contributed by atoms with Crippen molar-refractivity contribution in [3.8, 4) is 10.6 Å². The standard InChI is InChI=1S/C21H22N4OS2.C3H8/c1-14(16-5-8-18(9-6-16)24-15(2)26)23-19-13-17(21-22-11-12-27-21)7-10-20(19)28-25(3)4;1-3-2/h5-13,23H,1H2,2-4H3,(H,24,26);3H2,1-2H3. The van der Waals surface area contributed by atoms with E-state index in [9.17, 15) is 4.79 Å². The number of nitrogens with zero attached hydrogens (tertiary/aromatic N) is 2. The summed E-state index contributed by atoms with van der Waals surface area (Å²) in [7, 11) is 4.03. The molecule has 0 unspecified atom stereocenters. The normalized spacial score (nSPS) is 10.3. The quantitative estimate of drug-likeness (QED) is 0.383. The number of thiazole rings is 1. The van der Waals surface area contributed by atoms with Gasteiger partial charge in [-0.1, -0.05) is 45.0 Å². The number of aromatic nitrogens is 1. The molecule has 1 heterocycles. The zero-order valence-electron chi connectivity index (χ0n) is 18.7. The van der Waals surface area contributed by atoms with Crippen LogP contribution in [0.2, 0.25) is 0 Å². The van der Waals surface area contributed by atoms with E-state index in [1.165, 1.54) is 13.3 Å². The zero-order chi connectivity index (χ0) is 22.8. The minimum absolute atomic E-state index is 0.0888. The second-order valence-corrected chi connectivity index (χ2v) is 9.27. The Hall–Kier alpha value is -2.61. The Morgan fingerprint density at radius 1 is 1.13 bits per heavy atom. The SMILES string of the molecule is C=C(Nc1cc(-c2nccs2)ccc1SN(C)C)c1ccc(NC(C)=O)cc1.CCC. The smallest absolute Gasteiger partial charge is 0.221 e. The number of nitrogens with one attached hydrogen (secondary N) is 2. The molecule has 0 saturated heterocycles. The van der Waals surface area contributed by atoms with Crippen molar-refractivity contribution in [3.05, 3.63) is 66.2 Å². The fourth-order valence-electron chi connectivity index (χ4n) is 2.60. The number of benzene rings is 2. The first-order valence-electron chi connectivity index (χ1n) is 10.1. The van der Waals surface area contributed by atoms with E-state index in [1.54, 1.807) is 23.3 Å². The van der Waals surface area contributed by atoms with Crippen LogP contribution < -0.4 is 10.6 Å². The maximum atomic E-state index is 11.2. The molecule has 0 aliphatic carbocycles. The summed E-state index contributed by atoms with van der Waals surface area (Å²) in [5, 5.41) is 9.17. The Morgan fingerprint density at radius 2 is 1.81 bits per heavy atom. The lowest BCUT2D eigenvalue weighted by molar-refractivity contribution is -0.114. The highest BCUT2D eigenvalue weighted by Crippen LogP contribution is 2.35. The Balaban J connectivity index is 0.00000107. The van der Waals surface area contributed by atoms with Crippen LogP contribution in [0, 0.1) is 0 Å². The van der Waals surface area contributed by atoms with Crippen molar-refractivity contribution in [2.24, 2.45) is 0 Å². The van der Waals surface area contributed by atoms with Crippen LogP contribution in [0.25, 0.3) is 16.3 Å². The monoisotopic (exact) mass is 454 g/mol. The number of rotatable bonds is 7. The van der Waals surface area contributed by atoms with Crippen LogP contribution in [-0.4, -0.2) is 29.3 Å². The van der Waals surface area contributed by atoms with Gasteiger partial charge in [0.2, 0.25) is 5.91 Å². The minimum atomic E-state index is -0.0888. The van der Waals surface area contributed by atoms with Gasteiger partial charge in [-0.25, -0.2) is 4.98 Å². The van der Waals surface area contributed by atoms with E-state index in [0.29, 0.717) is 0 Å². The molecule has 5 nitrogen and oxygen atoms in total. The number of carbonyl (C=O) groups excluding carboxylic acids is 1. The van der Waals surface area contributed by atoms with Gasteiger partial charge in [0.1, 0.15) is 5.01 Å². The van der Waals surface area contributed by atoms with Gasteiger partial charge < -0.3 is 10.6 Å². The molecule has 2 N–H and O–H groups in total. The molecule has 7 heteroatoms. The highest BCUT2D eigenvalue weighted by atomic mass is 32.2. The Kier molecular flexibility index (Phi) is 9.78. The molecule has 0 spiro atoms. The Labute approximate surface area is 193 Å². The van der Waals surface area contributed by atoms with Crippen LogP contribution in [0.3, 0.4) is 0 Å². The van der Waals surface area contributed by atoms with Crippen molar-refractivity contribution < 1.29 is 4.79 Å². The minimum Gasteiger partial charge on any atom is -0.355 e. The molecule has 0 aliphatic heterocycles. The third-order valence-electron chi connectivity index (χ3n) is 3.78. The summed E-state index contributed by atoms with van der Waals surface area (Å²) in [6.07, 6.45) is 3.06. The Morgan fingerprint density at radius 3 is 2.35 bits per heavy atom. The average Bonchev–Trinajstić information content (AvgIpc) is 3.24. The van der Waals surface area contributed by atoms with Crippen LogP contribution in [0.1, 0.15) is 32.8 Å². The number of anilines is 2. The van der Waals surface area contributed by atoms with Gasteiger partial charge in [-0.05, 0) is 55.9 Å². The molecule has 0 bridgehead atoms. The molecular weight excluding hydrogens is 424 g/mol. The van der Waals surface area contributed by atoms with E-state index < -0.39 is 0 Å². The Bertz CT molecular complexity index is 983. The first-order chi connectivity index (χ1) is 14.8. The fraction of sp³-hybridized carbons (Fsp3) is 0.250. The molecule has 164 valence electrons. The summed E-state index contributed by atoms with van der Waals surface area (Å²) in [6.45, 7) is 9.93. The van der Waals surface area contributed by atoms with Gasteiger partial charge in [0, 0.05) is 40.3 Å². The molecule has 0 atom stereocenters. The zero-order valence-corrected chi connectivity index (χ0v) is 20.4. The largest absolute Gasteiger partial charge is 0.355 e. The van der Waals surface area contributed by atoms with E-state index in [2.05, 4.69) is 58.5 Å². The molecule has 0 radical (unpaired) electrons. The lowest BCUT2D eigenvalue weighted by atomic mass is 10.1. The van der Waals surface area contributed by atoms with E-state index in [0.717, 1.165) is 38.1 Å². The number of hydrogen-bond donors (Lipinski definition) is 2. The molecule has 3 aromatic rings. The summed E-state index contributed by atoms with van der Waals surface area (Å²) in [6, 6.07) is 13.9. The summed E-state index contributed by atoms with van der Waals surface area (Å²) in [4.78, 5) is 16.7. The molecular formula is C24H30N4OS2. The summed E-state index contributed by atoms with van der Waals surface area (Å²) in [5.41, 5.74) is 4.54. The number of carbonyl (C=O) groups is 1. The maximum absolute atomic E-state index is 11.2. The van der Waals surface area contributed by atoms with E-state index in [4.69, 9.17) is 0 Å². The molecule has 1 amide bonds. The van der Waals surface area contributed by atoms with Crippen molar-refractivity contribution in [3.63, 3.8) is 0 Å². The van der Waals surface area contributed by atoms with Gasteiger partial charge in [-0.15, -0.1) is 11.3 Å². The second kappa shape index (κ2) is 12.3. The van der Waals surface area contributed by atoms with Gasteiger partial charge in [0.25, 0.3) is 0 Å². The first kappa shape index (κ1) is 24.7. The van der Waals surface area contributed by atoms with Crippen molar-refractivity contribution in [2.75, 3.05) is 24.7 Å². The van der Waals surface area contributed by atoms with Crippen molar-refractivity contribution >= 4 is 46.3 Å². The molecule has 0 aliphatic rings. The maximum Gasteiger partial charge on any atom is 0.221 e. The molecule has 2 aromatic carbocycles. The molecule has 1 aromatic heterocycles. The fourth-order valence-corrected chi connectivity index (χ4v) is 3.96. The summed E-state index contributed by atoms with van der Waals surface area (Å²) < 4.78 is 2.05. The van der Waals surface area contributed by atoms with Crippen molar-refractivity contribution in [2.45, 2.75) is 32.1 Å². The lowest BCUT2D eigenvalue weighted by Gasteiger charge is -2.17. The third kappa shape index (κ3) is 7.86. The average molecular weight is 455 g/mol. The molecule has 0 fully saturated rings. The summed E-state index contributed by atoms with van der Waals surface area (Å²) in [5.74, 6) is -0.0888. The first-order valence-corrected chi connectivity index (χ1v) is 11.7. The van der Waals surface area contributed by atoms with Crippen LogP contribution in [0.5, 0.6) is 0 Å². The van der Waals surface area contributed by atoms with Gasteiger partial charge in [0.05, 0.1) is 5.69 Å².